The van der Waals surface area contributed by atoms with E-state index in [1.165, 1.54) is 17.6 Å². The maximum atomic E-state index is 9.85. The number of phenolic OH excluding ortho intramolecular Hbond substituents is 2. The largest absolute Gasteiger partial charge is 0.506 e. The van der Waals surface area contributed by atoms with Crippen LogP contribution in [-0.2, 0) is 0 Å². The van der Waals surface area contributed by atoms with Gasteiger partial charge in [0.15, 0.2) is 11.3 Å². The second-order valence-corrected chi connectivity index (χ2v) is 3.94. The molecule has 0 aliphatic rings. The maximum absolute atomic E-state index is 9.85. The van der Waals surface area contributed by atoms with Gasteiger partial charge in [-0.2, -0.15) is 0 Å². The molecule has 70 valence electrons. The second kappa shape index (κ2) is 2.42. The molecule has 0 aliphatic carbocycles. The third-order valence-corrected chi connectivity index (χ3v) is 3.19. The van der Waals surface area contributed by atoms with Crippen molar-refractivity contribution < 1.29 is 14.6 Å². The fraction of sp³-hybridized carbons (Fsp3) is 0. The molecule has 0 radical (unpaired) electrons. The number of furan rings is 1. The van der Waals surface area contributed by atoms with E-state index in [1.54, 1.807) is 12.1 Å². The van der Waals surface area contributed by atoms with Gasteiger partial charge in [0.1, 0.15) is 5.75 Å². The van der Waals surface area contributed by atoms with Crippen LogP contribution in [0.2, 0.25) is 0 Å². The topological polar surface area (TPSA) is 53.6 Å². The van der Waals surface area contributed by atoms with Crippen LogP contribution < -0.4 is 0 Å². The van der Waals surface area contributed by atoms with Gasteiger partial charge in [0, 0.05) is 5.39 Å². The summed E-state index contributed by atoms with van der Waals surface area (Å²) in [4.78, 5) is 0. The molecule has 0 bridgehead atoms. The Balaban J connectivity index is 2.72. The van der Waals surface area contributed by atoms with Gasteiger partial charge in [-0.15, -0.1) is 11.3 Å². The minimum Gasteiger partial charge on any atom is -0.506 e. The summed E-state index contributed by atoms with van der Waals surface area (Å²) in [6.07, 6.45) is 1.45. The highest BCUT2D eigenvalue weighted by Crippen LogP contribution is 2.44. The molecule has 3 aromatic rings. The van der Waals surface area contributed by atoms with E-state index in [0.29, 0.717) is 21.1 Å². The maximum Gasteiger partial charge on any atom is 0.179 e. The lowest BCUT2D eigenvalue weighted by Crippen LogP contribution is -1.71. The standard InChI is InChI=1S/C10H6O3S/c11-7-6-2-4-14-10(6)8(12)5-1-3-13-9(5)7/h1-4,11-12H. The zero-order valence-electron chi connectivity index (χ0n) is 7.02. The molecule has 0 saturated heterocycles. The Morgan fingerprint density at radius 3 is 2.79 bits per heavy atom. The van der Waals surface area contributed by atoms with Crippen LogP contribution in [-0.4, -0.2) is 10.2 Å². The normalized spacial score (nSPS) is 11.4. The number of benzene rings is 1. The smallest absolute Gasteiger partial charge is 0.179 e. The third-order valence-electron chi connectivity index (χ3n) is 2.27. The molecule has 3 rings (SSSR count). The van der Waals surface area contributed by atoms with Gasteiger partial charge in [0.25, 0.3) is 0 Å². The van der Waals surface area contributed by atoms with Crippen molar-refractivity contribution in [2.75, 3.05) is 0 Å². The number of phenols is 2. The van der Waals surface area contributed by atoms with Gasteiger partial charge < -0.3 is 14.6 Å². The highest BCUT2D eigenvalue weighted by molar-refractivity contribution is 7.17. The highest BCUT2D eigenvalue weighted by Gasteiger charge is 2.15. The molecule has 3 nitrogen and oxygen atoms in total. The summed E-state index contributed by atoms with van der Waals surface area (Å²) < 4.78 is 5.79. The van der Waals surface area contributed by atoms with Crippen LogP contribution in [0, 0.1) is 0 Å². The summed E-state index contributed by atoms with van der Waals surface area (Å²) in [7, 11) is 0. The second-order valence-electron chi connectivity index (χ2n) is 3.02. The molecule has 2 aromatic heterocycles. The molecule has 2 N–H and O–H groups in total. The minimum atomic E-state index is 0.0963. The first-order valence-electron chi connectivity index (χ1n) is 4.07. The number of hydrogen-bond donors (Lipinski definition) is 2. The van der Waals surface area contributed by atoms with Crippen LogP contribution in [0.1, 0.15) is 0 Å². The van der Waals surface area contributed by atoms with Crippen molar-refractivity contribution in [3.8, 4) is 11.5 Å². The average Bonchev–Trinajstić information content (AvgIpc) is 2.82. The van der Waals surface area contributed by atoms with E-state index < -0.39 is 0 Å². The molecule has 14 heavy (non-hydrogen) atoms. The predicted octanol–water partition coefficient (Wildman–Crippen LogP) is 3.06. The Bertz CT molecular complexity index is 518. The first-order chi connectivity index (χ1) is 6.79. The van der Waals surface area contributed by atoms with E-state index in [0.717, 1.165) is 0 Å². The minimum absolute atomic E-state index is 0.0963. The molecule has 0 aliphatic heterocycles. The molecular formula is C10H6O3S. The van der Waals surface area contributed by atoms with Crippen LogP contribution in [0.3, 0.4) is 0 Å². The molecule has 0 saturated carbocycles. The fourth-order valence-corrected chi connectivity index (χ4v) is 2.46. The number of fused-ring (bicyclic) bond motifs is 2. The van der Waals surface area contributed by atoms with E-state index in [9.17, 15) is 10.2 Å². The van der Waals surface area contributed by atoms with Crippen molar-refractivity contribution in [1.82, 2.24) is 0 Å². The van der Waals surface area contributed by atoms with Crippen LogP contribution in [0.5, 0.6) is 11.5 Å². The lowest BCUT2D eigenvalue weighted by molar-refractivity contribution is 0.466. The van der Waals surface area contributed by atoms with Crippen LogP contribution >= 0.6 is 11.3 Å². The van der Waals surface area contributed by atoms with Gasteiger partial charge in [-0.05, 0) is 17.5 Å². The van der Waals surface area contributed by atoms with Crippen molar-refractivity contribution in [1.29, 1.82) is 0 Å². The number of aromatic hydroxyl groups is 2. The first-order valence-corrected chi connectivity index (χ1v) is 4.95. The molecule has 0 unspecified atom stereocenters. The van der Waals surface area contributed by atoms with Gasteiger partial charge in [-0.3, -0.25) is 0 Å². The summed E-state index contributed by atoms with van der Waals surface area (Å²) in [6, 6.07) is 3.40. The summed E-state index contributed by atoms with van der Waals surface area (Å²) in [5, 5.41) is 22.7. The number of thiophene rings is 1. The number of hydrogen-bond acceptors (Lipinski definition) is 4. The van der Waals surface area contributed by atoms with Gasteiger partial charge in [-0.25, -0.2) is 0 Å². The first kappa shape index (κ1) is 7.70. The summed E-state index contributed by atoms with van der Waals surface area (Å²) in [5.41, 5.74) is 0.341. The molecular weight excluding hydrogens is 200 g/mol. The molecule has 0 amide bonds. The Hall–Kier alpha value is -1.68. The Kier molecular flexibility index (Phi) is 1.33. The van der Waals surface area contributed by atoms with E-state index in [-0.39, 0.29) is 11.5 Å². The summed E-state index contributed by atoms with van der Waals surface area (Å²) in [5.74, 6) is 0.274. The lowest BCUT2D eigenvalue weighted by Gasteiger charge is -1.99. The Morgan fingerprint density at radius 1 is 1.07 bits per heavy atom. The Morgan fingerprint density at radius 2 is 1.93 bits per heavy atom. The molecule has 0 fully saturated rings. The van der Waals surface area contributed by atoms with Gasteiger partial charge in [-0.1, -0.05) is 0 Å². The average molecular weight is 206 g/mol. The third kappa shape index (κ3) is 0.761. The fourth-order valence-electron chi connectivity index (χ4n) is 1.60. The summed E-state index contributed by atoms with van der Waals surface area (Å²) in [6.45, 7) is 0. The number of rotatable bonds is 0. The van der Waals surface area contributed by atoms with E-state index >= 15 is 0 Å². The van der Waals surface area contributed by atoms with E-state index in [1.807, 2.05) is 5.38 Å². The van der Waals surface area contributed by atoms with Crippen molar-refractivity contribution in [3.05, 3.63) is 23.8 Å². The zero-order chi connectivity index (χ0) is 9.71. The summed E-state index contributed by atoms with van der Waals surface area (Å²) >= 11 is 1.39. The Labute approximate surface area is 82.8 Å². The van der Waals surface area contributed by atoms with Gasteiger partial charge in [0.05, 0.1) is 16.3 Å². The van der Waals surface area contributed by atoms with Crippen LogP contribution in [0.15, 0.2) is 28.2 Å². The molecule has 4 heteroatoms. The monoisotopic (exact) mass is 206 g/mol. The highest BCUT2D eigenvalue weighted by atomic mass is 32.1. The van der Waals surface area contributed by atoms with Crippen LogP contribution in [0.4, 0.5) is 0 Å². The molecule has 0 atom stereocenters. The molecule has 2 heterocycles. The van der Waals surface area contributed by atoms with E-state index in [2.05, 4.69) is 0 Å². The van der Waals surface area contributed by atoms with Gasteiger partial charge in [0.2, 0.25) is 0 Å². The van der Waals surface area contributed by atoms with Crippen LogP contribution in [0.25, 0.3) is 21.1 Å². The molecule has 1 aromatic carbocycles. The van der Waals surface area contributed by atoms with Gasteiger partial charge >= 0.3 is 0 Å². The predicted molar refractivity (Wildman–Crippen MR) is 54.9 cm³/mol. The molecule has 0 spiro atoms. The lowest BCUT2D eigenvalue weighted by atomic mass is 10.1. The van der Waals surface area contributed by atoms with Crippen molar-refractivity contribution in [2.45, 2.75) is 0 Å². The SMILES string of the molecule is Oc1c2ccsc2c(O)c2ccoc12. The zero-order valence-corrected chi connectivity index (χ0v) is 7.84. The van der Waals surface area contributed by atoms with Crippen molar-refractivity contribution in [3.63, 3.8) is 0 Å². The van der Waals surface area contributed by atoms with E-state index in [4.69, 9.17) is 4.42 Å². The van der Waals surface area contributed by atoms with Crippen molar-refractivity contribution >= 4 is 32.4 Å². The quantitative estimate of drug-likeness (QED) is 0.556. The van der Waals surface area contributed by atoms with Crippen molar-refractivity contribution in [2.24, 2.45) is 0 Å².